The number of aryl methyl sites for hydroxylation is 1. The fourth-order valence-electron chi connectivity index (χ4n) is 3.57. The van der Waals surface area contributed by atoms with E-state index in [1.165, 1.54) is 16.3 Å². The van der Waals surface area contributed by atoms with Crippen molar-refractivity contribution in [3.8, 4) is 11.5 Å². The Bertz CT molecular complexity index is 1170. The molecule has 0 aromatic heterocycles. The second-order valence-electron chi connectivity index (χ2n) is 7.48. The molecular weight excluding hydrogens is 406 g/mol. The van der Waals surface area contributed by atoms with E-state index in [1.54, 1.807) is 0 Å². The van der Waals surface area contributed by atoms with Gasteiger partial charge in [-0.25, -0.2) is 0 Å². The Balaban J connectivity index is 1.53. The van der Waals surface area contributed by atoms with Crippen molar-refractivity contribution < 1.29 is 9.47 Å². The second-order valence-corrected chi connectivity index (χ2v) is 7.89. The van der Waals surface area contributed by atoms with Gasteiger partial charge in [-0.3, -0.25) is 0 Å². The van der Waals surface area contributed by atoms with Crippen LogP contribution in [0.3, 0.4) is 0 Å². The second kappa shape index (κ2) is 9.76. The summed E-state index contributed by atoms with van der Waals surface area (Å²) in [7, 11) is 0. The van der Waals surface area contributed by atoms with Crippen molar-refractivity contribution in [1.29, 1.82) is 0 Å². The van der Waals surface area contributed by atoms with Gasteiger partial charge in [-0.15, -0.1) is 0 Å². The summed E-state index contributed by atoms with van der Waals surface area (Å²) in [5.74, 6) is 1.24. The van der Waals surface area contributed by atoms with Gasteiger partial charge in [-0.1, -0.05) is 71.8 Å². The summed E-state index contributed by atoms with van der Waals surface area (Å²) in [6, 6.07) is 26.8. The van der Waals surface area contributed by atoms with Gasteiger partial charge >= 0.3 is 0 Å². The summed E-state index contributed by atoms with van der Waals surface area (Å²) < 4.78 is 12.0. The molecule has 4 aromatic carbocycles. The Morgan fingerprint density at radius 3 is 2.45 bits per heavy atom. The number of benzene rings is 4. The van der Waals surface area contributed by atoms with Crippen LogP contribution in [-0.4, -0.2) is 6.61 Å². The van der Waals surface area contributed by atoms with Crippen molar-refractivity contribution in [2.75, 3.05) is 11.9 Å². The van der Waals surface area contributed by atoms with Gasteiger partial charge in [0, 0.05) is 12.2 Å². The Labute approximate surface area is 188 Å². The maximum atomic E-state index is 6.62. The smallest absolute Gasteiger partial charge is 0.180 e. The number of rotatable bonds is 8. The van der Waals surface area contributed by atoms with Crippen LogP contribution in [0, 0.1) is 6.92 Å². The lowest BCUT2D eigenvalue weighted by Gasteiger charge is -2.16. The third-order valence-electron chi connectivity index (χ3n) is 5.17. The number of anilines is 1. The molecule has 0 aliphatic carbocycles. The number of hydrogen-bond donors (Lipinski definition) is 1. The van der Waals surface area contributed by atoms with E-state index in [4.69, 9.17) is 21.1 Å². The molecule has 1 N–H and O–H groups in total. The molecule has 0 saturated carbocycles. The Hall–Kier alpha value is -3.17. The Morgan fingerprint density at radius 2 is 1.65 bits per heavy atom. The molecule has 0 atom stereocenters. The zero-order chi connectivity index (χ0) is 21.6. The van der Waals surface area contributed by atoms with Crippen molar-refractivity contribution in [2.24, 2.45) is 0 Å². The molecule has 4 rings (SSSR count). The standard InChI is InChI=1S/C27H26ClNO2/c1-3-30-26-16-20(17-29-23-13-11-19(2)12-14-23)15-25(28)27(26)31-18-22-9-6-8-21-7-4-5-10-24(21)22/h4-16,29H,3,17-18H2,1-2H3. The molecule has 4 heteroatoms. The van der Waals surface area contributed by atoms with Gasteiger partial charge in [-0.05, 0) is 60.0 Å². The Morgan fingerprint density at radius 1 is 0.871 bits per heavy atom. The molecule has 0 amide bonds. The van der Waals surface area contributed by atoms with E-state index >= 15 is 0 Å². The fraction of sp³-hybridized carbons (Fsp3) is 0.185. The van der Waals surface area contributed by atoms with Crippen molar-refractivity contribution in [3.05, 3.63) is 101 Å². The maximum Gasteiger partial charge on any atom is 0.180 e. The lowest BCUT2D eigenvalue weighted by atomic mass is 10.1. The van der Waals surface area contributed by atoms with Crippen molar-refractivity contribution in [1.82, 2.24) is 0 Å². The van der Waals surface area contributed by atoms with Gasteiger partial charge in [0.2, 0.25) is 0 Å². The molecule has 0 radical (unpaired) electrons. The minimum atomic E-state index is 0.419. The average molecular weight is 432 g/mol. The molecular formula is C27H26ClNO2. The first-order chi connectivity index (χ1) is 15.1. The fourth-order valence-corrected chi connectivity index (χ4v) is 3.86. The summed E-state index contributed by atoms with van der Waals surface area (Å²) in [6.45, 7) is 5.64. The highest BCUT2D eigenvalue weighted by molar-refractivity contribution is 6.32. The molecule has 0 fully saturated rings. The Kier molecular flexibility index (Phi) is 6.63. The molecule has 0 saturated heterocycles. The zero-order valence-electron chi connectivity index (χ0n) is 17.8. The molecule has 0 spiro atoms. The lowest BCUT2D eigenvalue weighted by molar-refractivity contribution is 0.270. The van der Waals surface area contributed by atoms with Crippen molar-refractivity contribution in [3.63, 3.8) is 0 Å². The normalized spacial score (nSPS) is 10.8. The van der Waals surface area contributed by atoms with Gasteiger partial charge in [0.1, 0.15) is 6.61 Å². The summed E-state index contributed by atoms with van der Waals surface area (Å²) in [5.41, 5.74) is 4.45. The molecule has 0 unspecified atom stereocenters. The number of halogens is 1. The van der Waals surface area contributed by atoms with Crippen LogP contribution in [0.2, 0.25) is 5.02 Å². The minimum Gasteiger partial charge on any atom is -0.490 e. The molecule has 0 aliphatic heterocycles. The van der Waals surface area contributed by atoms with Crippen LogP contribution < -0.4 is 14.8 Å². The highest BCUT2D eigenvalue weighted by Gasteiger charge is 2.14. The van der Waals surface area contributed by atoms with Crippen LogP contribution in [0.25, 0.3) is 10.8 Å². The van der Waals surface area contributed by atoms with E-state index in [9.17, 15) is 0 Å². The lowest BCUT2D eigenvalue weighted by Crippen LogP contribution is -2.04. The number of hydrogen-bond acceptors (Lipinski definition) is 3. The largest absolute Gasteiger partial charge is 0.490 e. The topological polar surface area (TPSA) is 30.5 Å². The quantitative estimate of drug-likeness (QED) is 0.315. The molecule has 3 nitrogen and oxygen atoms in total. The van der Waals surface area contributed by atoms with Crippen molar-refractivity contribution >= 4 is 28.1 Å². The van der Waals surface area contributed by atoms with Gasteiger partial charge in [0.05, 0.1) is 11.6 Å². The summed E-state index contributed by atoms with van der Waals surface area (Å²) in [5, 5.41) is 6.35. The number of nitrogens with one attached hydrogen (secondary N) is 1. The first kappa shape index (κ1) is 21.1. The average Bonchev–Trinajstić information content (AvgIpc) is 2.78. The zero-order valence-corrected chi connectivity index (χ0v) is 18.6. The highest BCUT2D eigenvalue weighted by Crippen LogP contribution is 2.38. The predicted molar refractivity (Wildman–Crippen MR) is 129 cm³/mol. The van der Waals surface area contributed by atoms with Crippen LogP contribution >= 0.6 is 11.6 Å². The monoisotopic (exact) mass is 431 g/mol. The third-order valence-corrected chi connectivity index (χ3v) is 5.45. The van der Waals surface area contributed by atoms with E-state index in [0.717, 1.165) is 16.8 Å². The van der Waals surface area contributed by atoms with Crippen LogP contribution in [0.1, 0.15) is 23.6 Å². The SMILES string of the molecule is CCOc1cc(CNc2ccc(C)cc2)cc(Cl)c1OCc1cccc2ccccc12. The van der Waals surface area contributed by atoms with Crippen LogP contribution in [0.4, 0.5) is 5.69 Å². The summed E-state index contributed by atoms with van der Waals surface area (Å²) >= 11 is 6.62. The molecule has 0 aliphatic rings. The summed E-state index contributed by atoms with van der Waals surface area (Å²) in [4.78, 5) is 0. The molecule has 4 aromatic rings. The first-order valence-electron chi connectivity index (χ1n) is 10.5. The summed E-state index contributed by atoms with van der Waals surface area (Å²) in [6.07, 6.45) is 0. The van der Waals surface area contributed by atoms with Gasteiger partial charge in [0.25, 0.3) is 0 Å². The van der Waals surface area contributed by atoms with Crippen molar-refractivity contribution in [2.45, 2.75) is 27.0 Å². The molecule has 0 heterocycles. The molecule has 0 bridgehead atoms. The number of ether oxygens (including phenoxy) is 2. The highest BCUT2D eigenvalue weighted by atomic mass is 35.5. The van der Waals surface area contributed by atoms with E-state index in [1.807, 2.05) is 37.3 Å². The molecule has 31 heavy (non-hydrogen) atoms. The maximum absolute atomic E-state index is 6.62. The van der Waals surface area contributed by atoms with E-state index < -0.39 is 0 Å². The predicted octanol–water partition coefficient (Wildman–Crippen LogP) is 7.39. The number of fused-ring (bicyclic) bond motifs is 1. The van der Waals surface area contributed by atoms with E-state index in [2.05, 4.69) is 60.8 Å². The van der Waals surface area contributed by atoms with Crippen LogP contribution in [0.5, 0.6) is 11.5 Å². The van der Waals surface area contributed by atoms with E-state index in [-0.39, 0.29) is 0 Å². The van der Waals surface area contributed by atoms with E-state index in [0.29, 0.717) is 36.3 Å². The van der Waals surface area contributed by atoms with Crippen LogP contribution in [-0.2, 0) is 13.2 Å². The first-order valence-corrected chi connectivity index (χ1v) is 10.9. The molecule has 158 valence electrons. The van der Waals surface area contributed by atoms with Crippen LogP contribution in [0.15, 0.2) is 78.9 Å². The van der Waals surface area contributed by atoms with Gasteiger partial charge in [0.15, 0.2) is 11.5 Å². The van der Waals surface area contributed by atoms with Gasteiger partial charge in [-0.2, -0.15) is 0 Å². The minimum absolute atomic E-state index is 0.419. The third kappa shape index (κ3) is 5.12. The van der Waals surface area contributed by atoms with Gasteiger partial charge < -0.3 is 14.8 Å².